The van der Waals surface area contributed by atoms with Crippen molar-refractivity contribution in [3.63, 3.8) is 0 Å². The van der Waals surface area contributed by atoms with E-state index in [4.69, 9.17) is 36.1 Å². The van der Waals surface area contributed by atoms with Crippen molar-refractivity contribution in [1.82, 2.24) is 5.32 Å². The maximum atomic E-state index is 12.5. The quantitative estimate of drug-likeness (QED) is 0.590. The fourth-order valence-electron chi connectivity index (χ4n) is 2.94. The topological polar surface area (TPSA) is 92.0 Å². The first kappa shape index (κ1) is 24.0. The summed E-state index contributed by atoms with van der Waals surface area (Å²) in [5, 5.41) is 3.59. The monoisotopic (exact) mass is 426 g/mol. The van der Waals surface area contributed by atoms with Gasteiger partial charge >= 0.3 is 7.12 Å². The van der Waals surface area contributed by atoms with E-state index in [1.54, 1.807) is 6.07 Å². The molecule has 0 bridgehead atoms. The number of aryl methyl sites for hydroxylation is 1. The molecule has 1 fully saturated rings. The van der Waals surface area contributed by atoms with Crippen LogP contribution >= 0.6 is 11.6 Å². The van der Waals surface area contributed by atoms with Gasteiger partial charge in [-0.2, -0.15) is 0 Å². The highest BCUT2D eigenvalue weighted by Gasteiger charge is 2.54. The van der Waals surface area contributed by atoms with Crippen LogP contribution in [0.5, 0.6) is 5.75 Å². The molecule has 0 spiro atoms. The Morgan fingerprint density at radius 2 is 1.90 bits per heavy atom. The van der Waals surface area contributed by atoms with Crippen LogP contribution in [0.4, 0.5) is 0 Å². The van der Waals surface area contributed by atoms with Gasteiger partial charge in [0.05, 0.1) is 30.4 Å². The van der Waals surface area contributed by atoms with Crippen molar-refractivity contribution in [3.8, 4) is 5.75 Å². The number of methoxy groups -OCH3 is 1. The molecular formula is C20H32BClN2O5. The summed E-state index contributed by atoms with van der Waals surface area (Å²) in [6, 6.07) is 4.67. The Kier molecular flexibility index (Phi) is 7.98. The number of hydrogen-bond acceptors (Lipinski definition) is 6. The van der Waals surface area contributed by atoms with Gasteiger partial charge in [-0.15, -0.1) is 0 Å². The number of halogens is 1. The minimum atomic E-state index is -0.774. The Labute approximate surface area is 178 Å². The van der Waals surface area contributed by atoms with E-state index in [1.165, 1.54) is 7.11 Å². The summed E-state index contributed by atoms with van der Waals surface area (Å²) in [5.41, 5.74) is 5.79. The molecule has 0 radical (unpaired) electrons. The van der Waals surface area contributed by atoms with Gasteiger partial charge in [0.25, 0.3) is 0 Å². The second-order valence-corrected chi connectivity index (χ2v) is 8.79. The summed E-state index contributed by atoms with van der Waals surface area (Å²) >= 11 is 6.00. The minimum Gasteiger partial charge on any atom is -0.493 e. The molecule has 2 rings (SSSR count). The van der Waals surface area contributed by atoms with Gasteiger partial charge in [-0.1, -0.05) is 11.6 Å². The zero-order valence-electron chi connectivity index (χ0n) is 18.1. The van der Waals surface area contributed by atoms with E-state index in [1.807, 2.05) is 46.8 Å². The molecule has 1 aliphatic rings. The van der Waals surface area contributed by atoms with Gasteiger partial charge in [0.15, 0.2) is 0 Å². The molecule has 2 atom stereocenters. The van der Waals surface area contributed by atoms with Crippen LogP contribution in [0, 0.1) is 6.92 Å². The molecule has 29 heavy (non-hydrogen) atoms. The molecule has 9 heteroatoms. The fraction of sp³-hybridized carbons (Fsp3) is 0.650. The van der Waals surface area contributed by atoms with E-state index >= 15 is 0 Å². The Balaban J connectivity index is 2.07. The van der Waals surface area contributed by atoms with Crippen LogP contribution in [0.15, 0.2) is 18.2 Å². The predicted octanol–water partition coefficient (Wildman–Crippen LogP) is 2.51. The fourth-order valence-corrected chi connectivity index (χ4v) is 3.17. The number of amides is 1. The van der Waals surface area contributed by atoms with Gasteiger partial charge in [-0.05, 0) is 58.4 Å². The Morgan fingerprint density at radius 1 is 1.28 bits per heavy atom. The highest BCUT2D eigenvalue weighted by Crippen LogP contribution is 2.37. The molecule has 1 aliphatic heterocycles. The zero-order valence-corrected chi connectivity index (χ0v) is 18.8. The van der Waals surface area contributed by atoms with Gasteiger partial charge in [-0.3, -0.25) is 4.79 Å². The van der Waals surface area contributed by atoms with Crippen LogP contribution < -0.4 is 15.8 Å². The van der Waals surface area contributed by atoms with Crippen LogP contribution in [-0.4, -0.2) is 56.5 Å². The van der Waals surface area contributed by atoms with E-state index in [2.05, 4.69) is 5.32 Å². The SMILES string of the molecule is COCC(N)C(=O)NC(CCOc1ccc(Cl)cc1C)B1OC(C)(C)C(C)(C)O1. The molecule has 1 aromatic rings. The second-order valence-electron chi connectivity index (χ2n) is 8.35. The summed E-state index contributed by atoms with van der Waals surface area (Å²) in [5.74, 6) is -0.0159. The molecule has 7 nitrogen and oxygen atoms in total. The number of benzene rings is 1. The van der Waals surface area contributed by atoms with Crippen LogP contribution in [0.25, 0.3) is 0 Å². The molecule has 2 unspecified atom stereocenters. The van der Waals surface area contributed by atoms with E-state index in [0.29, 0.717) is 18.1 Å². The van der Waals surface area contributed by atoms with Crippen molar-refractivity contribution in [2.75, 3.05) is 20.3 Å². The molecule has 1 saturated heterocycles. The molecule has 0 aliphatic carbocycles. The zero-order chi connectivity index (χ0) is 21.8. The Hall–Kier alpha value is -1.32. The van der Waals surface area contributed by atoms with Crippen molar-refractivity contribution in [3.05, 3.63) is 28.8 Å². The van der Waals surface area contributed by atoms with Crippen molar-refractivity contribution >= 4 is 24.6 Å². The molecule has 0 aromatic heterocycles. The lowest BCUT2D eigenvalue weighted by Gasteiger charge is -2.32. The number of ether oxygens (including phenoxy) is 2. The molecule has 1 heterocycles. The van der Waals surface area contributed by atoms with E-state index in [9.17, 15) is 4.79 Å². The number of carbonyl (C=O) groups excluding carboxylic acids is 1. The number of carbonyl (C=O) groups is 1. The molecule has 162 valence electrons. The summed E-state index contributed by atoms with van der Waals surface area (Å²) < 4.78 is 23.1. The van der Waals surface area contributed by atoms with Gasteiger partial charge in [0, 0.05) is 18.6 Å². The Bertz CT molecular complexity index is 700. The lowest BCUT2D eigenvalue weighted by molar-refractivity contribution is -0.123. The summed E-state index contributed by atoms with van der Waals surface area (Å²) in [6.45, 7) is 10.3. The van der Waals surface area contributed by atoms with E-state index < -0.39 is 30.3 Å². The molecule has 1 amide bonds. The smallest absolute Gasteiger partial charge is 0.481 e. The Morgan fingerprint density at radius 3 is 2.45 bits per heavy atom. The van der Waals surface area contributed by atoms with Gasteiger partial charge < -0.3 is 29.8 Å². The number of rotatable bonds is 9. The van der Waals surface area contributed by atoms with Crippen molar-refractivity contribution in [1.29, 1.82) is 0 Å². The first-order valence-corrected chi connectivity index (χ1v) is 10.1. The predicted molar refractivity (Wildman–Crippen MR) is 114 cm³/mol. The third-order valence-electron chi connectivity index (χ3n) is 5.43. The third-order valence-corrected chi connectivity index (χ3v) is 5.67. The third kappa shape index (κ3) is 6.09. The van der Waals surface area contributed by atoms with Crippen molar-refractivity contribution in [2.24, 2.45) is 5.73 Å². The maximum absolute atomic E-state index is 12.5. The minimum absolute atomic E-state index is 0.127. The molecule has 1 aromatic carbocycles. The highest BCUT2D eigenvalue weighted by atomic mass is 35.5. The lowest BCUT2D eigenvalue weighted by Crippen LogP contribution is -2.54. The van der Waals surface area contributed by atoms with Crippen molar-refractivity contribution < 1.29 is 23.6 Å². The average molecular weight is 427 g/mol. The van der Waals surface area contributed by atoms with Crippen molar-refractivity contribution in [2.45, 2.75) is 64.2 Å². The second kappa shape index (κ2) is 9.66. The van der Waals surface area contributed by atoms with Gasteiger partial charge in [0.2, 0.25) is 5.91 Å². The standard InChI is InChI=1S/C20H32BClN2O5/c1-13-11-14(22)7-8-16(13)27-10-9-17(24-18(25)15(23)12-26-6)21-28-19(2,3)20(4,5)29-21/h7-8,11,15,17H,9-10,12,23H2,1-6H3,(H,24,25). The van der Waals surface area contributed by atoms with E-state index in [-0.39, 0.29) is 12.5 Å². The molecular weight excluding hydrogens is 394 g/mol. The van der Waals surface area contributed by atoms with Gasteiger partial charge in [-0.25, -0.2) is 0 Å². The average Bonchev–Trinajstić information content (AvgIpc) is 2.83. The van der Waals surface area contributed by atoms with Gasteiger partial charge in [0.1, 0.15) is 11.8 Å². The first-order chi connectivity index (χ1) is 13.5. The number of nitrogens with two attached hydrogens (primary N) is 1. The summed E-state index contributed by atoms with van der Waals surface area (Å²) in [6.07, 6.45) is 0.477. The van der Waals surface area contributed by atoms with Crippen LogP contribution in [0.1, 0.15) is 39.7 Å². The largest absolute Gasteiger partial charge is 0.493 e. The number of nitrogens with one attached hydrogen (secondary N) is 1. The summed E-state index contributed by atoms with van der Waals surface area (Å²) in [7, 11) is 0.884. The van der Waals surface area contributed by atoms with Crippen LogP contribution in [0.3, 0.4) is 0 Å². The van der Waals surface area contributed by atoms with E-state index in [0.717, 1.165) is 11.3 Å². The highest BCUT2D eigenvalue weighted by molar-refractivity contribution is 6.48. The number of hydrogen-bond donors (Lipinski definition) is 2. The summed E-state index contributed by atoms with van der Waals surface area (Å²) in [4.78, 5) is 12.5. The first-order valence-electron chi connectivity index (χ1n) is 9.76. The molecule has 0 saturated carbocycles. The lowest BCUT2D eigenvalue weighted by atomic mass is 9.76. The maximum Gasteiger partial charge on any atom is 0.481 e. The van der Waals surface area contributed by atoms with Crippen LogP contribution in [0.2, 0.25) is 5.02 Å². The normalized spacial score (nSPS) is 19.7. The molecule has 3 N–H and O–H groups in total. The van der Waals surface area contributed by atoms with Crippen LogP contribution in [-0.2, 0) is 18.8 Å².